The second-order valence-corrected chi connectivity index (χ2v) is 6.42. The van der Waals surface area contributed by atoms with Crippen molar-refractivity contribution >= 4 is 27.2 Å². The number of hydrogen-bond acceptors (Lipinski definition) is 4. The summed E-state index contributed by atoms with van der Waals surface area (Å²) >= 11 is 5.76. The zero-order valence-electron chi connectivity index (χ0n) is 9.73. The van der Waals surface area contributed by atoms with Gasteiger partial charge in [0.05, 0.1) is 4.90 Å². The number of Topliss-reactive ketones (excluding diaryl/α,β-unsaturated/α-hetero) is 1. The molecule has 1 rings (SSSR count). The summed E-state index contributed by atoms with van der Waals surface area (Å²) in [7, 11) is -2.99. The molecule has 0 aliphatic heterocycles. The minimum atomic E-state index is -4.07. The van der Waals surface area contributed by atoms with Crippen molar-refractivity contribution in [1.82, 2.24) is 0 Å². The Labute approximate surface area is 105 Å². The fraction of sp³-hybridized carbons (Fsp3) is 0.364. The predicted octanol–water partition coefficient (Wildman–Crippen LogP) is 1.90. The third-order valence-corrected chi connectivity index (χ3v) is 5.43. The third kappa shape index (κ3) is 2.36. The molecule has 6 heteroatoms. The molecule has 1 aromatic rings. The van der Waals surface area contributed by atoms with Crippen LogP contribution in [0.2, 0.25) is 0 Å². The van der Waals surface area contributed by atoms with Crippen LogP contribution < -0.4 is 0 Å². The van der Waals surface area contributed by atoms with Crippen molar-refractivity contribution in [2.75, 3.05) is 7.11 Å². The van der Waals surface area contributed by atoms with E-state index in [0.717, 1.165) is 19.6 Å². The van der Waals surface area contributed by atoms with Crippen LogP contribution >= 0.6 is 11.6 Å². The molecular weight excluding hydrogens is 264 g/mol. The monoisotopic (exact) mass is 276 g/mol. The Balaban J connectivity index is 3.37. The number of rotatable bonds is 4. The Bertz CT molecular complexity index is 521. The molecule has 0 bridgehead atoms. The minimum absolute atomic E-state index is 0.0462. The normalized spacial score (nSPS) is 15.3. The smallest absolute Gasteiger partial charge is 0.307 e. The van der Waals surface area contributed by atoms with Gasteiger partial charge in [-0.1, -0.05) is 29.3 Å². The number of alkyl halides is 1. The first-order chi connectivity index (χ1) is 7.75. The van der Waals surface area contributed by atoms with Gasteiger partial charge < -0.3 is 4.74 Å². The van der Waals surface area contributed by atoms with E-state index in [4.69, 9.17) is 11.6 Å². The van der Waals surface area contributed by atoms with Crippen LogP contribution in [-0.2, 0) is 19.4 Å². The molecular formula is C11H13ClO4S. The van der Waals surface area contributed by atoms with E-state index in [0.29, 0.717) is 0 Å². The number of benzene rings is 1. The summed E-state index contributed by atoms with van der Waals surface area (Å²) in [5, 5.41) is 0. The number of ketones is 1. The standard InChI is InChI=1S/C11H13ClO4S/c1-8-4-6-10(7-5-8)17(14,15)11(12,16-3)9(2)13/h4-7H,1-3H3. The summed E-state index contributed by atoms with van der Waals surface area (Å²) in [5.41, 5.74) is 0.907. The van der Waals surface area contributed by atoms with Gasteiger partial charge in [-0.05, 0) is 26.0 Å². The minimum Gasteiger partial charge on any atom is -0.344 e. The van der Waals surface area contributed by atoms with E-state index in [1.807, 2.05) is 6.92 Å². The summed E-state index contributed by atoms with van der Waals surface area (Å²) in [6, 6.07) is 6.04. The fourth-order valence-corrected chi connectivity index (χ4v) is 2.97. The van der Waals surface area contributed by atoms with Gasteiger partial charge in [0.1, 0.15) is 0 Å². The topological polar surface area (TPSA) is 60.4 Å². The van der Waals surface area contributed by atoms with E-state index >= 15 is 0 Å². The maximum Gasteiger partial charge on any atom is 0.307 e. The average Bonchev–Trinajstić information content (AvgIpc) is 2.28. The first kappa shape index (κ1) is 14.2. The maximum absolute atomic E-state index is 12.2. The number of sulfone groups is 1. The number of aryl methyl sites for hydroxylation is 1. The molecule has 0 fully saturated rings. The lowest BCUT2D eigenvalue weighted by Crippen LogP contribution is -2.41. The van der Waals surface area contributed by atoms with Gasteiger partial charge in [0.15, 0.2) is 5.78 Å². The van der Waals surface area contributed by atoms with E-state index in [-0.39, 0.29) is 4.90 Å². The van der Waals surface area contributed by atoms with Crippen LogP contribution in [0, 0.1) is 6.92 Å². The van der Waals surface area contributed by atoms with Crippen LogP contribution in [0.5, 0.6) is 0 Å². The summed E-state index contributed by atoms with van der Waals surface area (Å²) in [4.78, 5) is 11.3. The van der Waals surface area contributed by atoms with Crippen LogP contribution in [-0.4, -0.2) is 25.7 Å². The van der Waals surface area contributed by atoms with E-state index in [2.05, 4.69) is 4.74 Å². The largest absolute Gasteiger partial charge is 0.344 e. The molecule has 1 atom stereocenters. The zero-order valence-corrected chi connectivity index (χ0v) is 11.3. The molecule has 0 amide bonds. The molecule has 94 valence electrons. The lowest BCUT2D eigenvalue weighted by molar-refractivity contribution is -0.124. The summed E-state index contributed by atoms with van der Waals surface area (Å²) in [6.45, 7) is 2.90. The molecule has 0 radical (unpaired) electrons. The van der Waals surface area contributed by atoms with Crippen molar-refractivity contribution in [2.24, 2.45) is 0 Å². The van der Waals surface area contributed by atoms with Gasteiger partial charge in [-0.15, -0.1) is 0 Å². The third-order valence-electron chi connectivity index (χ3n) is 2.36. The maximum atomic E-state index is 12.2. The van der Waals surface area contributed by atoms with Crippen molar-refractivity contribution in [3.63, 3.8) is 0 Å². The van der Waals surface area contributed by atoms with Gasteiger partial charge in [-0.2, -0.15) is 0 Å². The summed E-state index contributed by atoms with van der Waals surface area (Å²) in [6.07, 6.45) is 0. The average molecular weight is 277 g/mol. The fourth-order valence-electron chi connectivity index (χ4n) is 1.31. The van der Waals surface area contributed by atoms with E-state index in [1.54, 1.807) is 12.1 Å². The van der Waals surface area contributed by atoms with Crippen LogP contribution in [0.3, 0.4) is 0 Å². The highest BCUT2D eigenvalue weighted by molar-refractivity contribution is 7.94. The van der Waals surface area contributed by atoms with Gasteiger partial charge >= 0.3 is 4.39 Å². The van der Waals surface area contributed by atoms with Gasteiger partial charge in [-0.3, -0.25) is 4.79 Å². The van der Waals surface area contributed by atoms with Crippen molar-refractivity contribution in [1.29, 1.82) is 0 Å². The molecule has 17 heavy (non-hydrogen) atoms. The quantitative estimate of drug-likeness (QED) is 0.788. The number of carbonyl (C=O) groups is 1. The summed E-state index contributed by atoms with van der Waals surface area (Å²) in [5.74, 6) is -0.776. The van der Waals surface area contributed by atoms with Crippen LogP contribution in [0.25, 0.3) is 0 Å². The second-order valence-electron chi connectivity index (χ2n) is 3.61. The predicted molar refractivity (Wildman–Crippen MR) is 64.6 cm³/mol. The Hall–Kier alpha value is -0.910. The highest BCUT2D eigenvalue weighted by atomic mass is 35.5. The number of methoxy groups -OCH3 is 1. The number of hydrogen-bond donors (Lipinski definition) is 0. The molecule has 0 saturated carbocycles. The first-order valence-corrected chi connectivity index (χ1v) is 6.68. The molecule has 1 aromatic carbocycles. The number of halogens is 1. The van der Waals surface area contributed by atoms with Crippen LogP contribution in [0.1, 0.15) is 12.5 Å². The van der Waals surface area contributed by atoms with Gasteiger partial charge in [-0.25, -0.2) is 8.42 Å². The van der Waals surface area contributed by atoms with Gasteiger partial charge in [0, 0.05) is 7.11 Å². The Morgan fingerprint density at radius 3 is 2.12 bits per heavy atom. The molecule has 4 nitrogen and oxygen atoms in total. The molecule has 0 aromatic heterocycles. The second kappa shape index (κ2) is 4.76. The van der Waals surface area contributed by atoms with E-state index < -0.39 is 20.0 Å². The highest BCUT2D eigenvalue weighted by Crippen LogP contribution is 2.31. The van der Waals surface area contributed by atoms with Crippen molar-refractivity contribution in [3.8, 4) is 0 Å². The molecule has 1 unspecified atom stereocenters. The van der Waals surface area contributed by atoms with Gasteiger partial charge in [0.25, 0.3) is 0 Å². The van der Waals surface area contributed by atoms with E-state index in [9.17, 15) is 13.2 Å². The van der Waals surface area contributed by atoms with Crippen LogP contribution in [0.4, 0.5) is 0 Å². The van der Waals surface area contributed by atoms with Gasteiger partial charge in [0.2, 0.25) is 9.84 Å². The molecule has 0 N–H and O–H groups in total. The van der Waals surface area contributed by atoms with Crippen molar-refractivity contribution in [2.45, 2.75) is 23.1 Å². The highest BCUT2D eigenvalue weighted by Gasteiger charge is 2.48. The Kier molecular flexibility index (Phi) is 3.96. The molecule has 0 spiro atoms. The lowest BCUT2D eigenvalue weighted by Gasteiger charge is -2.22. The number of carbonyl (C=O) groups excluding carboxylic acids is 1. The molecule has 0 aliphatic rings. The Morgan fingerprint density at radius 2 is 1.76 bits per heavy atom. The molecule has 0 saturated heterocycles. The van der Waals surface area contributed by atoms with E-state index in [1.165, 1.54) is 12.1 Å². The molecule has 0 aliphatic carbocycles. The first-order valence-electron chi connectivity index (χ1n) is 4.82. The molecule has 0 heterocycles. The van der Waals surface area contributed by atoms with Crippen molar-refractivity contribution in [3.05, 3.63) is 29.8 Å². The lowest BCUT2D eigenvalue weighted by atomic mass is 10.2. The van der Waals surface area contributed by atoms with Crippen molar-refractivity contribution < 1.29 is 17.9 Å². The zero-order chi connectivity index (χ0) is 13.3. The number of ether oxygens (including phenoxy) is 1. The SMILES string of the molecule is COC(Cl)(C(C)=O)S(=O)(=O)c1ccc(C)cc1. The Morgan fingerprint density at radius 1 is 1.29 bits per heavy atom. The van der Waals surface area contributed by atoms with Crippen LogP contribution in [0.15, 0.2) is 29.2 Å². The summed E-state index contributed by atoms with van der Waals surface area (Å²) < 4.78 is 26.6.